The fourth-order valence-corrected chi connectivity index (χ4v) is 4.10. The van der Waals surface area contributed by atoms with Crippen LogP contribution in [0.25, 0.3) is 11.3 Å². The monoisotopic (exact) mass is 460 g/mol. The minimum Gasteiger partial charge on any atom is -0.493 e. The van der Waals surface area contributed by atoms with Crippen LogP contribution in [-0.2, 0) is 6.54 Å². The maximum atomic E-state index is 5.54. The lowest BCUT2D eigenvalue weighted by Gasteiger charge is -2.14. The predicted molar refractivity (Wildman–Crippen MR) is 130 cm³/mol. The minimum absolute atomic E-state index is 0.540. The number of hydrogen-bond acceptors (Lipinski definition) is 7. The highest BCUT2D eigenvalue weighted by molar-refractivity contribution is 7.07. The number of benzene rings is 2. The first-order valence-electron chi connectivity index (χ1n) is 10.2. The molecule has 168 valence electrons. The van der Waals surface area contributed by atoms with E-state index in [2.05, 4.69) is 17.1 Å². The van der Waals surface area contributed by atoms with Crippen molar-refractivity contribution >= 4 is 17.6 Å². The molecule has 2 heterocycles. The van der Waals surface area contributed by atoms with Crippen molar-refractivity contribution in [2.75, 3.05) is 21.3 Å². The standard InChI is InChI=1S/C25H24N4O3S/c1-30-22-12-20(13-23(31-2)24(22)32-3)21-17-33-25(27-15-18-8-5-4-6-9-18)29(21)28-16-19-10-7-11-26-14-19/h4-14,16-17H,15H2,1-3H3. The van der Waals surface area contributed by atoms with E-state index in [-0.39, 0.29) is 0 Å². The van der Waals surface area contributed by atoms with Gasteiger partial charge in [0.2, 0.25) is 10.6 Å². The van der Waals surface area contributed by atoms with Crippen molar-refractivity contribution in [3.63, 3.8) is 0 Å². The number of rotatable bonds is 8. The van der Waals surface area contributed by atoms with Gasteiger partial charge in [0.25, 0.3) is 0 Å². The van der Waals surface area contributed by atoms with Gasteiger partial charge in [-0.25, -0.2) is 4.68 Å². The van der Waals surface area contributed by atoms with Crippen LogP contribution in [-0.4, -0.2) is 37.2 Å². The SMILES string of the molecule is COc1cc(-c2csc(=NCc3ccccc3)n2N=Cc2cccnc2)cc(OC)c1OC. The second kappa shape index (κ2) is 10.6. The number of ether oxygens (including phenoxy) is 3. The molecule has 0 radical (unpaired) electrons. The molecule has 4 aromatic rings. The summed E-state index contributed by atoms with van der Waals surface area (Å²) in [5, 5.41) is 6.75. The van der Waals surface area contributed by atoms with Crippen molar-refractivity contribution < 1.29 is 14.2 Å². The summed E-state index contributed by atoms with van der Waals surface area (Å²) in [4.78, 5) is 9.74. The molecule has 2 aromatic carbocycles. The lowest BCUT2D eigenvalue weighted by atomic mass is 10.1. The molecule has 0 spiro atoms. The van der Waals surface area contributed by atoms with E-state index in [4.69, 9.17) is 24.3 Å². The third kappa shape index (κ3) is 5.12. The van der Waals surface area contributed by atoms with Crippen LogP contribution in [0.3, 0.4) is 0 Å². The summed E-state index contributed by atoms with van der Waals surface area (Å²) < 4.78 is 18.4. The molecule has 0 saturated carbocycles. The van der Waals surface area contributed by atoms with Gasteiger partial charge in [-0.1, -0.05) is 36.4 Å². The van der Waals surface area contributed by atoms with Gasteiger partial charge >= 0.3 is 0 Å². The highest BCUT2D eigenvalue weighted by Gasteiger charge is 2.17. The Morgan fingerprint density at radius 3 is 2.36 bits per heavy atom. The fourth-order valence-electron chi connectivity index (χ4n) is 3.27. The molecule has 8 heteroatoms. The lowest BCUT2D eigenvalue weighted by Crippen LogP contribution is -2.12. The molecule has 0 aliphatic carbocycles. The topological polar surface area (TPSA) is 70.2 Å². The summed E-state index contributed by atoms with van der Waals surface area (Å²) in [6, 6.07) is 17.8. The first-order chi connectivity index (χ1) is 16.2. The van der Waals surface area contributed by atoms with Crippen LogP contribution >= 0.6 is 11.3 Å². The van der Waals surface area contributed by atoms with Crippen LogP contribution in [0.5, 0.6) is 17.2 Å². The Balaban J connectivity index is 1.83. The number of pyridine rings is 1. The molecule has 2 aromatic heterocycles. The van der Waals surface area contributed by atoms with E-state index in [1.54, 1.807) is 39.9 Å². The summed E-state index contributed by atoms with van der Waals surface area (Å²) in [5.41, 5.74) is 3.74. The molecule has 4 rings (SSSR count). The summed E-state index contributed by atoms with van der Waals surface area (Å²) in [6.07, 6.45) is 5.26. The Hall–Kier alpha value is -3.91. The number of thiazole rings is 1. The molecule has 7 nitrogen and oxygen atoms in total. The normalized spacial score (nSPS) is 11.7. The van der Waals surface area contributed by atoms with Crippen LogP contribution in [0.4, 0.5) is 0 Å². The molecule has 33 heavy (non-hydrogen) atoms. The molecule has 0 unspecified atom stereocenters. The van der Waals surface area contributed by atoms with E-state index in [0.29, 0.717) is 23.8 Å². The van der Waals surface area contributed by atoms with Gasteiger partial charge in [0, 0.05) is 28.9 Å². The molecule has 0 saturated heterocycles. The molecule has 0 N–H and O–H groups in total. The molecule has 0 fully saturated rings. The van der Waals surface area contributed by atoms with Crippen molar-refractivity contribution in [2.45, 2.75) is 6.54 Å². The van der Waals surface area contributed by atoms with Crippen LogP contribution in [0.15, 0.2) is 82.5 Å². The van der Waals surface area contributed by atoms with Gasteiger partial charge in [0.1, 0.15) is 0 Å². The quantitative estimate of drug-likeness (QED) is 0.360. The predicted octanol–water partition coefficient (Wildman–Crippen LogP) is 4.62. The van der Waals surface area contributed by atoms with E-state index in [1.165, 1.54) is 11.3 Å². The zero-order chi connectivity index (χ0) is 23.0. The first-order valence-corrected chi connectivity index (χ1v) is 11.1. The van der Waals surface area contributed by atoms with Gasteiger partial charge < -0.3 is 14.2 Å². The van der Waals surface area contributed by atoms with Gasteiger partial charge in [-0.05, 0) is 23.8 Å². The summed E-state index contributed by atoms with van der Waals surface area (Å²) >= 11 is 1.52. The number of nitrogens with zero attached hydrogens (tertiary/aromatic N) is 4. The Morgan fingerprint density at radius 2 is 1.73 bits per heavy atom. The fraction of sp³-hybridized carbons (Fsp3) is 0.160. The number of aromatic nitrogens is 2. The summed E-state index contributed by atoms with van der Waals surface area (Å²) in [5.74, 6) is 1.69. The number of hydrogen-bond donors (Lipinski definition) is 0. The molecular weight excluding hydrogens is 436 g/mol. The van der Waals surface area contributed by atoms with Crippen LogP contribution in [0.2, 0.25) is 0 Å². The molecule has 0 atom stereocenters. The third-order valence-electron chi connectivity index (χ3n) is 4.89. The average Bonchev–Trinajstić information content (AvgIpc) is 3.29. The smallest absolute Gasteiger partial charge is 0.206 e. The van der Waals surface area contributed by atoms with Gasteiger partial charge in [-0.15, -0.1) is 11.3 Å². The molecule has 0 aliphatic heterocycles. The van der Waals surface area contributed by atoms with Crippen molar-refractivity contribution in [3.8, 4) is 28.5 Å². The van der Waals surface area contributed by atoms with Gasteiger partial charge in [-0.2, -0.15) is 5.10 Å². The zero-order valence-electron chi connectivity index (χ0n) is 18.6. The lowest BCUT2D eigenvalue weighted by molar-refractivity contribution is 0.324. The molecule has 0 amide bonds. The number of methoxy groups -OCH3 is 3. The largest absolute Gasteiger partial charge is 0.493 e. The van der Waals surface area contributed by atoms with Gasteiger partial charge in [0.05, 0.1) is 39.8 Å². The van der Waals surface area contributed by atoms with Crippen LogP contribution in [0.1, 0.15) is 11.1 Å². The Labute approximate surface area is 196 Å². The van der Waals surface area contributed by atoms with Crippen molar-refractivity contribution in [2.24, 2.45) is 10.1 Å². The van der Waals surface area contributed by atoms with E-state index in [0.717, 1.165) is 27.2 Å². The highest BCUT2D eigenvalue weighted by atomic mass is 32.1. The minimum atomic E-state index is 0.540. The van der Waals surface area contributed by atoms with Crippen molar-refractivity contribution in [1.29, 1.82) is 0 Å². The summed E-state index contributed by atoms with van der Waals surface area (Å²) in [7, 11) is 4.79. The van der Waals surface area contributed by atoms with E-state index in [9.17, 15) is 0 Å². The van der Waals surface area contributed by atoms with Crippen LogP contribution < -0.4 is 19.0 Å². The van der Waals surface area contributed by atoms with Crippen LogP contribution in [0, 0.1) is 0 Å². The highest BCUT2D eigenvalue weighted by Crippen LogP contribution is 2.41. The second-order valence-corrected chi connectivity index (χ2v) is 7.80. The maximum absolute atomic E-state index is 5.54. The zero-order valence-corrected chi connectivity index (χ0v) is 19.5. The Morgan fingerprint density at radius 1 is 0.970 bits per heavy atom. The summed E-state index contributed by atoms with van der Waals surface area (Å²) in [6.45, 7) is 0.554. The third-order valence-corrected chi connectivity index (χ3v) is 5.75. The van der Waals surface area contributed by atoms with Crippen molar-refractivity contribution in [1.82, 2.24) is 9.66 Å². The maximum Gasteiger partial charge on any atom is 0.206 e. The Kier molecular flexibility index (Phi) is 7.16. The average molecular weight is 461 g/mol. The van der Waals surface area contributed by atoms with E-state index in [1.807, 2.05) is 52.5 Å². The van der Waals surface area contributed by atoms with E-state index < -0.39 is 0 Å². The van der Waals surface area contributed by atoms with Gasteiger partial charge in [0.15, 0.2) is 11.5 Å². The van der Waals surface area contributed by atoms with Gasteiger partial charge in [-0.3, -0.25) is 9.98 Å². The van der Waals surface area contributed by atoms with Crippen molar-refractivity contribution in [3.05, 3.63) is 88.3 Å². The molecule has 0 bridgehead atoms. The molecular formula is C25H24N4O3S. The first kappa shape index (κ1) is 22.3. The molecule has 0 aliphatic rings. The van der Waals surface area contributed by atoms with E-state index >= 15 is 0 Å². The second-order valence-electron chi connectivity index (χ2n) is 6.96. The Bertz CT molecular complexity index is 1270.